The number of rotatable bonds is 6. The van der Waals surface area contributed by atoms with Gasteiger partial charge in [-0.3, -0.25) is 0 Å². The molecule has 0 aliphatic carbocycles. The molecule has 3 nitrogen and oxygen atoms in total. The fourth-order valence-electron chi connectivity index (χ4n) is 3.15. The summed E-state index contributed by atoms with van der Waals surface area (Å²) in [6, 6.07) is 24.6. The molecule has 1 aromatic heterocycles. The Bertz CT molecular complexity index is 1100. The van der Waals surface area contributed by atoms with Gasteiger partial charge in [-0.2, -0.15) is 5.10 Å². The molecule has 0 aliphatic heterocycles. The lowest BCUT2D eigenvalue weighted by Crippen LogP contribution is -2.05. The van der Waals surface area contributed by atoms with E-state index in [0.29, 0.717) is 6.54 Å². The van der Waals surface area contributed by atoms with Gasteiger partial charge < -0.3 is 9.99 Å². The van der Waals surface area contributed by atoms with Gasteiger partial charge in [-0.05, 0) is 41.5 Å². The smallest absolute Gasteiger partial charge is 0.0580 e. The fourth-order valence-corrected chi connectivity index (χ4v) is 3.54. The van der Waals surface area contributed by atoms with Crippen LogP contribution in [0.4, 0.5) is 0 Å². The maximum Gasteiger partial charge on any atom is 0.0580 e. The topological polar surface area (TPSA) is 29.3 Å². The van der Waals surface area contributed by atoms with Crippen molar-refractivity contribution in [3.63, 3.8) is 0 Å². The van der Waals surface area contributed by atoms with Crippen molar-refractivity contribution in [2.24, 2.45) is 5.10 Å². The zero-order chi connectivity index (χ0) is 19.3. The SMILES string of the molecule is Clc1ccc(CN/N=C\c2cn(Cc3ccc(Br)cc3)c3ccccc23)cc1. The van der Waals surface area contributed by atoms with Crippen LogP contribution in [0.25, 0.3) is 10.9 Å². The number of aromatic nitrogens is 1. The molecule has 140 valence electrons. The van der Waals surface area contributed by atoms with Crippen molar-refractivity contribution in [3.05, 3.63) is 105 Å². The Kier molecular flexibility index (Phi) is 5.79. The van der Waals surface area contributed by atoms with Gasteiger partial charge in [-0.15, -0.1) is 0 Å². The third-order valence-corrected chi connectivity index (χ3v) is 5.36. The van der Waals surface area contributed by atoms with Crippen LogP contribution in [0.15, 0.2) is 88.6 Å². The maximum atomic E-state index is 5.92. The molecule has 28 heavy (non-hydrogen) atoms. The number of halogens is 2. The largest absolute Gasteiger partial charge is 0.342 e. The van der Waals surface area contributed by atoms with Crippen LogP contribution in [0.1, 0.15) is 16.7 Å². The van der Waals surface area contributed by atoms with E-state index in [2.05, 4.69) is 85.8 Å². The third kappa shape index (κ3) is 4.46. The first-order valence-corrected chi connectivity index (χ1v) is 10.2. The van der Waals surface area contributed by atoms with Gasteiger partial charge in [0.1, 0.15) is 0 Å². The second kappa shape index (κ2) is 8.63. The highest BCUT2D eigenvalue weighted by Crippen LogP contribution is 2.22. The number of benzene rings is 3. The summed E-state index contributed by atoms with van der Waals surface area (Å²) in [7, 11) is 0. The zero-order valence-electron chi connectivity index (χ0n) is 15.1. The molecule has 1 heterocycles. The molecule has 0 unspecified atom stereocenters. The Morgan fingerprint density at radius 2 is 1.64 bits per heavy atom. The molecule has 0 atom stereocenters. The quantitative estimate of drug-likeness (QED) is 0.273. The summed E-state index contributed by atoms with van der Waals surface area (Å²) in [6.07, 6.45) is 4.04. The number of hydrogen-bond donors (Lipinski definition) is 1. The van der Waals surface area contributed by atoms with Gasteiger partial charge in [0.15, 0.2) is 0 Å². The lowest BCUT2D eigenvalue weighted by atomic mass is 10.2. The van der Waals surface area contributed by atoms with Crippen molar-refractivity contribution in [2.45, 2.75) is 13.1 Å². The Balaban J connectivity index is 1.52. The van der Waals surface area contributed by atoms with Gasteiger partial charge in [0.05, 0.1) is 12.8 Å². The van der Waals surface area contributed by atoms with Gasteiger partial charge >= 0.3 is 0 Å². The molecular formula is C23H19BrClN3. The highest BCUT2D eigenvalue weighted by molar-refractivity contribution is 9.10. The van der Waals surface area contributed by atoms with Crippen molar-refractivity contribution in [1.82, 2.24) is 9.99 Å². The van der Waals surface area contributed by atoms with Crippen molar-refractivity contribution in [3.8, 4) is 0 Å². The van der Waals surface area contributed by atoms with Crippen LogP contribution >= 0.6 is 27.5 Å². The number of hydrogen-bond acceptors (Lipinski definition) is 2. The average molecular weight is 453 g/mol. The van der Waals surface area contributed by atoms with Crippen LogP contribution in [0, 0.1) is 0 Å². The first-order valence-electron chi connectivity index (χ1n) is 9.02. The van der Waals surface area contributed by atoms with Crippen molar-refractivity contribution < 1.29 is 0 Å². The van der Waals surface area contributed by atoms with Crippen LogP contribution in [-0.2, 0) is 13.1 Å². The minimum absolute atomic E-state index is 0.658. The molecule has 0 aliphatic rings. The summed E-state index contributed by atoms with van der Waals surface area (Å²) in [5.74, 6) is 0. The predicted molar refractivity (Wildman–Crippen MR) is 121 cm³/mol. The van der Waals surface area contributed by atoms with Gasteiger partial charge in [-0.1, -0.05) is 70.0 Å². The molecule has 0 saturated carbocycles. The first kappa shape index (κ1) is 18.8. The Morgan fingerprint density at radius 3 is 2.43 bits per heavy atom. The van der Waals surface area contributed by atoms with E-state index in [1.165, 1.54) is 16.5 Å². The third-order valence-electron chi connectivity index (χ3n) is 4.58. The van der Waals surface area contributed by atoms with E-state index in [1.54, 1.807) is 0 Å². The first-order chi connectivity index (χ1) is 13.7. The number of para-hydroxylation sites is 1. The highest BCUT2D eigenvalue weighted by atomic mass is 79.9. The van der Waals surface area contributed by atoms with Crippen molar-refractivity contribution in [2.75, 3.05) is 0 Å². The zero-order valence-corrected chi connectivity index (χ0v) is 17.5. The van der Waals surface area contributed by atoms with Gasteiger partial charge in [-0.25, -0.2) is 0 Å². The molecule has 0 radical (unpaired) electrons. The van der Waals surface area contributed by atoms with E-state index < -0.39 is 0 Å². The van der Waals surface area contributed by atoms with Crippen LogP contribution in [0.5, 0.6) is 0 Å². The Hall–Kier alpha value is -2.56. The molecule has 3 aromatic carbocycles. The normalized spacial score (nSPS) is 11.4. The van der Waals surface area contributed by atoms with E-state index >= 15 is 0 Å². The summed E-state index contributed by atoms with van der Waals surface area (Å²) in [5.41, 5.74) is 7.80. The van der Waals surface area contributed by atoms with Crippen LogP contribution in [0.2, 0.25) is 5.02 Å². The van der Waals surface area contributed by atoms with E-state index in [4.69, 9.17) is 11.6 Å². The molecule has 0 fully saturated rings. The molecular weight excluding hydrogens is 434 g/mol. The molecule has 0 amide bonds. The molecule has 4 aromatic rings. The predicted octanol–water partition coefficient (Wildman–Crippen LogP) is 6.23. The van der Waals surface area contributed by atoms with Crippen LogP contribution in [-0.4, -0.2) is 10.8 Å². The van der Waals surface area contributed by atoms with E-state index in [-0.39, 0.29) is 0 Å². The minimum atomic E-state index is 0.658. The second-order valence-electron chi connectivity index (χ2n) is 6.58. The van der Waals surface area contributed by atoms with Crippen molar-refractivity contribution in [1.29, 1.82) is 0 Å². The molecule has 0 saturated heterocycles. The second-order valence-corrected chi connectivity index (χ2v) is 7.93. The summed E-state index contributed by atoms with van der Waals surface area (Å²) in [4.78, 5) is 0. The van der Waals surface area contributed by atoms with E-state index in [1.807, 2.05) is 30.5 Å². The number of hydrazone groups is 1. The molecule has 1 N–H and O–H groups in total. The van der Waals surface area contributed by atoms with Crippen LogP contribution in [0.3, 0.4) is 0 Å². The Morgan fingerprint density at radius 1 is 0.929 bits per heavy atom. The lowest BCUT2D eigenvalue weighted by molar-refractivity contribution is 0.748. The highest BCUT2D eigenvalue weighted by Gasteiger charge is 2.07. The molecule has 5 heteroatoms. The number of fused-ring (bicyclic) bond motifs is 1. The van der Waals surface area contributed by atoms with Crippen molar-refractivity contribution >= 4 is 44.6 Å². The molecule has 0 bridgehead atoms. The summed E-state index contributed by atoms with van der Waals surface area (Å²) in [6.45, 7) is 1.48. The minimum Gasteiger partial charge on any atom is -0.342 e. The van der Waals surface area contributed by atoms with E-state index in [0.717, 1.165) is 27.2 Å². The van der Waals surface area contributed by atoms with Gasteiger partial charge in [0, 0.05) is 38.7 Å². The van der Waals surface area contributed by atoms with E-state index in [9.17, 15) is 0 Å². The average Bonchev–Trinajstić information content (AvgIpc) is 3.06. The van der Waals surface area contributed by atoms with Crippen LogP contribution < -0.4 is 5.43 Å². The molecule has 4 rings (SSSR count). The number of nitrogens with one attached hydrogen (secondary N) is 1. The maximum absolute atomic E-state index is 5.92. The summed E-state index contributed by atoms with van der Waals surface area (Å²) in [5, 5.41) is 6.35. The monoisotopic (exact) mass is 451 g/mol. The molecule has 0 spiro atoms. The van der Waals surface area contributed by atoms with Gasteiger partial charge in [0.25, 0.3) is 0 Å². The van der Waals surface area contributed by atoms with Gasteiger partial charge in [0.2, 0.25) is 0 Å². The summed E-state index contributed by atoms with van der Waals surface area (Å²) < 4.78 is 3.35. The standard InChI is InChI=1S/C23H19BrClN3/c24-20-9-5-18(6-10-20)15-28-16-19(22-3-1-2-4-23(22)28)14-27-26-13-17-7-11-21(25)12-8-17/h1-12,14,16,26H,13,15H2/b27-14-. The lowest BCUT2D eigenvalue weighted by Gasteiger charge is -2.05. The Labute approximate surface area is 177 Å². The summed E-state index contributed by atoms with van der Waals surface area (Å²) >= 11 is 9.41. The fraction of sp³-hybridized carbons (Fsp3) is 0.0870. The number of nitrogens with zero attached hydrogens (tertiary/aromatic N) is 2.